The summed E-state index contributed by atoms with van der Waals surface area (Å²) in [5.41, 5.74) is 0.0176. The van der Waals surface area contributed by atoms with Crippen LogP contribution in [0.2, 0.25) is 0 Å². The minimum atomic E-state index is -0.482. The van der Waals surface area contributed by atoms with Gasteiger partial charge in [-0.3, -0.25) is 10.1 Å². The number of hydrogen-bond donors (Lipinski definition) is 1. The van der Waals surface area contributed by atoms with Gasteiger partial charge < -0.3 is 4.80 Å². The van der Waals surface area contributed by atoms with Gasteiger partial charge in [0, 0.05) is 12.1 Å². The second kappa shape index (κ2) is 3.27. The zero-order valence-electron chi connectivity index (χ0n) is 5.52. The third kappa shape index (κ3) is 1.86. The molecule has 1 N–H and O–H groups in total. The molecule has 1 aromatic rings. The van der Waals surface area contributed by atoms with Crippen LogP contribution in [0.3, 0.4) is 0 Å². The number of nitro benzene ring substituents is 1. The first-order chi connectivity index (χ1) is 5.24. The first-order valence-corrected chi connectivity index (χ1v) is 3.83. The highest BCUT2D eigenvalue weighted by Crippen LogP contribution is 2.05. The predicted octanol–water partition coefficient (Wildman–Crippen LogP) is -0.168. The fourth-order valence-electron chi connectivity index (χ4n) is 0.689. The average Bonchev–Trinajstić information content (AvgIpc) is 2.05. The molecule has 2 radical (unpaired) electrons. The van der Waals surface area contributed by atoms with Gasteiger partial charge in [-0.1, -0.05) is 12.1 Å². The smallest absolute Gasteiger partial charge is 0.269 e. The van der Waals surface area contributed by atoms with Crippen molar-refractivity contribution in [3.05, 3.63) is 34.4 Å². The SMILES string of the molecule is O=[N+]([O-])c1cccc([Si]O)c1. The Morgan fingerprint density at radius 1 is 1.55 bits per heavy atom. The fraction of sp³-hybridized carbons (Fsp3) is 0. The molecule has 11 heavy (non-hydrogen) atoms. The van der Waals surface area contributed by atoms with Gasteiger partial charge in [-0.05, 0) is 5.19 Å². The van der Waals surface area contributed by atoms with Gasteiger partial charge in [-0.15, -0.1) is 0 Å². The molecule has 0 saturated carbocycles. The Bertz CT molecular complexity index is 276. The van der Waals surface area contributed by atoms with E-state index < -0.39 is 4.92 Å². The molecule has 0 aliphatic heterocycles. The molecular weight excluding hydrogens is 162 g/mol. The molecule has 1 rings (SSSR count). The molecular formula is C6H5NO3Si. The number of nitrogens with zero attached hydrogens (tertiary/aromatic N) is 1. The van der Waals surface area contributed by atoms with Gasteiger partial charge in [0.15, 0.2) is 0 Å². The minimum absolute atomic E-state index is 0.0176. The maximum absolute atomic E-state index is 10.2. The summed E-state index contributed by atoms with van der Waals surface area (Å²) in [6.45, 7) is 0. The van der Waals surface area contributed by atoms with E-state index in [9.17, 15) is 10.1 Å². The number of hydrogen-bond acceptors (Lipinski definition) is 3. The first kappa shape index (κ1) is 7.90. The molecule has 1 aromatic carbocycles. The van der Waals surface area contributed by atoms with Crippen LogP contribution < -0.4 is 5.19 Å². The molecule has 0 spiro atoms. The first-order valence-electron chi connectivity index (χ1n) is 2.88. The van der Waals surface area contributed by atoms with Gasteiger partial charge in [0.05, 0.1) is 4.92 Å². The highest BCUT2D eigenvalue weighted by Gasteiger charge is 2.04. The van der Waals surface area contributed by atoms with Gasteiger partial charge in [0.1, 0.15) is 0 Å². The van der Waals surface area contributed by atoms with E-state index in [4.69, 9.17) is 4.80 Å². The summed E-state index contributed by atoms with van der Waals surface area (Å²) in [5.74, 6) is 0. The third-order valence-corrected chi connectivity index (χ3v) is 1.76. The van der Waals surface area contributed by atoms with E-state index in [-0.39, 0.29) is 15.5 Å². The molecule has 5 heteroatoms. The summed E-state index contributed by atoms with van der Waals surface area (Å²) in [6.07, 6.45) is 0. The summed E-state index contributed by atoms with van der Waals surface area (Å²) in [7, 11) is -0.385. The number of nitro groups is 1. The highest BCUT2D eigenvalue weighted by molar-refractivity contribution is 6.45. The fourth-order valence-corrected chi connectivity index (χ4v) is 1.07. The molecule has 0 unspecified atom stereocenters. The Hall–Kier alpha value is -1.20. The zero-order valence-corrected chi connectivity index (χ0v) is 6.52. The summed E-state index contributed by atoms with van der Waals surface area (Å²) in [6, 6.07) is 5.95. The van der Waals surface area contributed by atoms with E-state index in [2.05, 4.69) is 0 Å². The van der Waals surface area contributed by atoms with Crippen molar-refractivity contribution in [2.24, 2.45) is 0 Å². The van der Waals surface area contributed by atoms with Crippen LogP contribution >= 0.6 is 0 Å². The van der Waals surface area contributed by atoms with Crippen LogP contribution in [-0.4, -0.2) is 19.5 Å². The van der Waals surface area contributed by atoms with Gasteiger partial charge >= 0.3 is 0 Å². The van der Waals surface area contributed by atoms with Crippen LogP contribution in [0.15, 0.2) is 24.3 Å². The molecule has 56 valence electrons. The van der Waals surface area contributed by atoms with Gasteiger partial charge in [0.25, 0.3) is 15.5 Å². The van der Waals surface area contributed by atoms with E-state index >= 15 is 0 Å². The molecule has 0 atom stereocenters. The minimum Gasteiger partial charge on any atom is -0.428 e. The molecule has 0 bridgehead atoms. The second-order valence-electron chi connectivity index (χ2n) is 1.92. The van der Waals surface area contributed by atoms with Crippen molar-refractivity contribution in [3.63, 3.8) is 0 Å². The molecule has 0 fully saturated rings. The molecule has 4 nitrogen and oxygen atoms in total. The molecule has 0 aromatic heterocycles. The lowest BCUT2D eigenvalue weighted by Gasteiger charge is -1.92. The summed E-state index contributed by atoms with van der Waals surface area (Å²) < 4.78 is 0. The molecule has 0 amide bonds. The topological polar surface area (TPSA) is 63.4 Å². The normalized spacial score (nSPS) is 9.55. The van der Waals surface area contributed by atoms with Crippen molar-refractivity contribution < 1.29 is 9.72 Å². The lowest BCUT2D eigenvalue weighted by atomic mass is 10.3. The monoisotopic (exact) mass is 167 g/mol. The van der Waals surface area contributed by atoms with Gasteiger partial charge in [0.2, 0.25) is 0 Å². The van der Waals surface area contributed by atoms with Gasteiger partial charge in [-0.2, -0.15) is 0 Å². The summed E-state index contributed by atoms with van der Waals surface area (Å²) >= 11 is 0. The maximum atomic E-state index is 10.2. The Morgan fingerprint density at radius 3 is 2.82 bits per heavy atom. The number of rotatable bonds is 2. The quantitative estimate of drug-likeness (QED) is 0.378. The van der Waals surface area contributed by atoms with Crippen molar-refractivity contribution in [1.82, 2.24) is 0 Å². The molecule has 0 aliphatic rings. The Kier molecular flexibility index (Phi) is 2.34. The van der Waals surface area contributed by atoms with Crippen LogP contribution in [0.1, 0.15) is 0 Å². The molecule has 0 saturated heterocycles. The molecule has 0 heterocycles. The van der Waals surface area contributed by atoms with Crippen molar-refractivity contribution >= 4 is 20.6 Å². The Labute approximate surface area is 65.6 Å². The van der Waals surface area contributed by atoms with E-state index in [1.807, 2.05) is 0 Å². The lowest BCUT2D eigenvalue weighted by Crippen LogP contribution is -2.12. The number of non-ortho nitro benzene ring substituents is 1. The van der Waals surface area contributed by atoms with Gasteiger partial charge in [-0.25, -0.2) is 0 Å². The van der Waals surface area contributed by atoms with E-state index in [1.54, 1.807) is 12.1 Å². The van der Waals surface area contributed by atoms with Crippen LogP contribution in [0.5, 0.6) is 0 Å². The molecule has 0 aliphatic carbocycles. The van der Waals surface area contributed by atoms with E-state index in [1.165, 1.54) is 12.1 Å². The zero-order chi connectivity index (χ0) is 8.27. The summed E-state index contributed by atoms with van der Waals surface area (Å²) in [5, 5.41) is 10.8. The lowest BCUT2D eigenvalue weighted by molar-refractivity contribution is -0.384. The summed E-state index contributed by atoms with van der Waals surface area (Å²) in [4.78, 5) is 18.4. The highest BCUT2D eigenvalue weighted by atomic mass is 28.2. The van der Waals surface area contributed by atoms with Crippen LogP contribution in [0, 0.1) is 10.1 Å². The maximum Gasteiger partial charge on any atom is 0.269 e. The van der Waals surface area contributed by atoms with Crippen LogP contribution in [0.4, 0.5) is 5.69 Å². The predicted molar refractivity (Wildman–Crippen MR) is 40.7 cm³/mol. The van der Waals surface area contributed by atoms with Crippen LogP contribution in [-0.2, 0) is 0 Å². The standard InChI is InChI=1S/C6H5NO3Si/c8-7(9)5-2-1-3-6(4-5)11-10/h1-4,10H. The van der Waals surface area contributed by atoms with Crippen LogP contribution in [0.25, 0.3) is 0 Å². The van der Waals surface area contributed by atoms with Crippen molar-refractivity contribution in [2.75, 3.05) is 0 Å². The largest absolute Gasteiger partial charge is 0.428 e. The van der Waals surface area contributed by atoms with E-state index in [0.717, 1.165) is 0 Å². The van der Waals surface area contributed by atoms with Crippen molar-refractivity contribution in [2.45, 2.75) is 0 Å². The Morgan fingerprint density at radius 2 is 2.27 bits per heavy atom. The van der Waals surface area contributed by atoms with E-state index in [0.29, 0.717) is 5.19 Å². The second-order valence-corrected chi connectivity index (χ2v) is 2.72. The third-order valence-electron chi connectivity index (χ3n) is 1.19. The number of benzene rings is 1. The Balaban J connectivity index is 3.01. The van der Waals surface area contributed by atoms with Crippen molar-refractivity contribution in [1.29, 1.82) is 0 Å². The average molecular weight is 167 g/mol. The van der Waals surface area contributed by atoms with Crippen molar-refractivity contribution in [3.8, 4) is 0 Å².